The molecule has 0 aliphatic carbocycles. The fourth-order valence-electron chi connectivity index (χ4n) is 0.901. The molecule has 0 saturated carbocycles. The number of nitrogens with one attached hydrogen (secondary N) is 1. The van der Waals surface area contributed by atoms with Gasteiger partial charge in [-0.3, -0.25) is 9.59 Å². The van der Waals surface area contributed by atoms with E-state index in [1.165, 1.54) is 0 Å². The highest BCUT2D eigenvalue weighted by atomic mass is 35.5. The number of halogens is 2. The fraction of sp³-hybridized carbons (Fsp3) is 0. The van der Waals surface area contributed by atoms with Crippen molar-refractivity contribution in [1.82, 2.24) is 0 Å². The lowest BCUT2D eigenvalue weighted by molar-refractivity contribution is -0.112. The van der Waals surface area contributed by atoms with Crippen molar-refractivity contribution in [2.75, 3.05) is 5.32 Å². The van der Waals surface area contributed by atoms with Crippen LogP contribution in [0.1, 0.15) is 0 Å². The predicted molar refractivity (Wildman–Crippen MR) is 60.3 cm³/mol. The number of hydrogen-bond acceptors (Lipinski definition) is 2. The van der Waals surface area contributed by atoms with Gasteiger partial charge in [0.05, 0.1) is 15.7 Å². The molecule has 0 spiro atoms. The summed E-state index contributed by atoms with van der Waals surface area (Å²) < 4.78 is 0. The summed E-state index contributed by atoms with van der Waals surface area (Å²) in [5.41, 5.74) is 0.407. The molecule has 0 saturated heterocycles. The van der Waals surface area contributed by atoms with Gasteiger partial charge in [0.15, 0.2) is 0 Å². The minimum Gasteiger partial charge on any atom is -0.321 e. The third-order valence-electron chi connectivity index (χ3n) is 1.54. The monoisotopic (exact) mass is 243 g/mol. The number of aldehydes is 1. The number of carbonyl (C=O) groups excluding carboxylic acids is 2. The summed E-state index contributed by atoms with van der Waals surface area (Å²) in [4.78, 5) is 21.1. The Morgan fingerprint density at radius 2 is 2.07 bits per heavy atom. The van der Waals surface area contributed by atoms with Gasteiger partial charge in [0.1, 0.15) is 6.29 Å². The van der Waals surface area contributed by atoms with Crippen molar-refractivity contribution in [3.8, 4) is 0 Å². The Morgan fingerprint density at radius 3 is 2.73 bits per heavy atom. The molecular weight excluding hydrogens is 237 g/mol. The first kappa shape index (κ1) is 11.8. The molecule has 0 radical (unpaired) electrons. The number of benzene rings is 1. The normalized spacial score (nSPS) is 10.3. The Labute approximate surface area is 96.7 Å². The minimum absolute atomic E-state index is 0.270. The van der Waals surface area contributed by atoms with Crippen LogP contribution in [0.15, 0.2) is 30.4 Å². The van der Waals surface area contributed by atoms with Gasteiger partial charge in [0, 0.05) is 6.08 Å². The van der Waals surface area contributed by atoms with Gasteiger partial charge in [0.2, 0.25) is 5.91 Å². The summed E-state index contributed by atoms with van der Waals surface area (Å²) in [6.45, 7) is 0. The molecule has 0 aliphatic heterocycles. The second-order valence-corrected chi connectivity index (χ2v) is 3.37. The SMILES string of the molecule is O=CC=CC(=O)Nc1cccc(Cl)c1Cl. The van der Waals surface area contributed by atoms with Crippen LogP contribution in [0.3, 0.4) is 0 Å². The molecule has 78 valence electrons. The van der Waals surface area contributed by atoms with E-state index < -0.39 is 5.91 Å². The molecule has 0 bridgehead atoms. The molecule has 3 nitrogen and oxygen atoms in total. The zero-order chi connectivity index (χ0) is 11.3. The third-order valence-corrected chi connectivity index (χ3v) is 2.35. The Balaban J connectivity index is 2.81. The fourth-order valence-corrected chi connectivity index (χ4v) is 1.25. The molecule has 5 heteroatoms. The number of anilines is 1. The minimum atomic E-state index is -0.439. The van der Waals surface area contributed by atoms with Crippen LogP contribution < -0.4 is 5.32 Å². The quantitative estimate of drug-likeness (QED) is 0.656. The molecule has 0 fully saturated rings. The van der Waals surface area contributed by atoms with Crippen molar-refractivity contribution in [2.24, 2.45) is 0 Å². The molecule has 15 heavy (non-hydrogen) atoms. The lowest BCUT2D eigenvalue weighted by Gasteiger charge is -2.05. The second-order valence-electron chi connectivity index (χ2n) is 2.59. The van der Waals surface area contributed by atoms with Crippen LogP contribution >= 0.6 is 23.2 Å². The summed E-state index contributed by atoms with van der Waals surface area (Å²) in [6, 6.07) is 4.88. The van der Waals surface area contributed by atoms with Crippen molar-refractivity contribution < 1.29 is 9.59 Å². The molecule has 1 aromatic rings. The lowest BCUT2D eigenvalue weighted by Crippen LogP contribution is -2.08. The standard InChI is InChI=1S/C10H7Cl2NO2/c11-7-3-1-4-8(10(7)12)13-9(15)5-2-6-14/h1-6H,(H,13,15). The predicted octanol–water partition coefficient (Wildman–Crippen LogP) is 2.69. The van der Waals surface area contributed by atoms with E-state index >= 15 is 0 Å². The van der Waals surface area contributed by atoms with E-state index in [1.807, 2.05) is 0 Å². The first-order valence-corrected chi connectivity index (χ1v) is 4.77. The summed E-state index contributed by atoms with van der Waals surface area (Å²) in [5, 5.41) is 3.11. The summed E-state index contributed by atoms with van der Waals surface area (Å²) in [7, 11) is 0. The summed E-state index contributed by atoms with van der Waals surface area (Å²) >= 11 is 11.6. The van der Waals surface area contributed by atoms with Gasteiger partial charge in [-0.25, -0.2) is 0 Å². The number of amides is 1. The Hall–Kier alpha value is -1.32. The maximum atomic E-state index is 11.2. The number of allylic oxidation sites excluding steroid dienone is 1. The van der Waals surface area contributed by atoms with Crippen LogP contribution in [-0.4, -0.2) is 12.2 Å². The van der Waals surface area contributed by atoms with E-state index in [2.05, 4.69) is 5.32 Å². The third kappa shape index (κ3) is 3.38. The molecule has 1 amide bonds. The van der Waals surface area contributed by atoms with E-state index in [-0.39, 0.29) is 5.02 Å². The number of hydrogen-bond donors (Lipinski definition) is 1. The van der Waals surface area contributed by atoms with E-state index in [1.54, 1.807) is 18.2 Å². The van der Waals surface area contributed by atoms with Crippen LogP contribution in [0, 0.1) is 0 Å². The van der Waals surface area contributed by atoms with Gasteiger partial charge in [-0.1, -0.05) is 29.3 Å². The van der Waals surface area contributed by atoms with Gasteiger partial charge in [-0.15, -0.1) is 0 Å². The Morgan fingerprint density at radius 1 is 1.33 bits per heavy atom. The van der Waals surface area contributed by atoms with Crippen molar-refractivity contribution in [1.29, 1.82) is 0 Å². The zero-order valence-corrected chi connectivity index (χ0v) is 9.05. The molecule has 1 aromatic carbocycles. The van der Waals surface area contributed by atoms with E-state index in [9.17, 15) is 9.59 Å². The first-order valence-electron chi connectivity index (χ1n) is 4.02. The van der Waals surface area contributed by atoms with Crippen molar-refractivity contribution >= 4 is 41.1 Å². The van der Waals surface area contributed by atoms with Crippen molar-refractivity contribution in [3.05, 3.63) is 40.4 Å². The Kier molecular flexibility index (Phi) is 4.34. The molecule has 0 aromatic heterocycles. The van der Waals surface area contributed by atoms with E-state index in [0.717, 1.165) is 12.2 Å². The van der Waals surface area contributed by atoms with Crippen molar-refractivity contribution in [2.45, 2.75) is 0 Å². The van der Waals surface area contributed by atoms with Crippen molar-refractivity contribution in [3.63, 3.8) is 0 Å². The summed E-state index contributed by atoms with van der Waals surface area (Å²) in [5.74, 6) is -0.439. The van der Waals surface area contributed by atoms with E-state index in [4.69, 9.17) is 23.2 Å². The molecule has 0 unspecified atom stereocenters. The van der Waals surface area contributed by atoms with Crippen LogP contribution in [-0.2, 0) is 9.59 Å². The van der Waals surface area contributed by atoms with Crippen LogP contribution in [0.5, 0.6) is 0 Å². The van der Waals surface area contributed by atoms with Gasteiger partial charge >= 0.3 is 0 Å². The molecule has 0 heterocycles. The highest BCUT2D eigenvalue weighted by Crippen LogP contribution is 2.29. The first-order chi connectivity index (χ1) is 7.15. The second kappa shape index (κ2) is 5.53. The highest BCUT2D eigenvalue weighted by molar-refractivity contribution is 6.44. The largest absolute Gasteiger partial charge is 0.321 e. The number of rotatable bonds is 3. The average Bonchev–Trinajstić information content (AvgIpc) is 2.22. The topological polar surface area (TPSA) is 46.2 Å². The molecule has 0 aliphatic rings. The van der Waals surface area contributed by atoms with Gasteiger partial charge in [0.25, 0.3) is 0 Å². The average molecular weight is 244 g/mol. The lowest BCUT2D eigenvalue weighted by atomic mass is 10.3. The zero-order valence-electron chi connectivity index (χ0n) is 7.54. The van der Waals surface area contributed by atoms with Gasteiger partial charge < -0.3 is 5.32 Å². The van der Waals surface area contributed by atoms with Gasteiger partial charge in [-0.05, 0) is 18.2 Å². The van der Waals surface area contributed by atoms with Crippen LogP contribution in [0.2, 0.25) is 10.0 Å². The maximum Gasteiger partial charge on any atom is 0.248 e. The summed E-state index contributed by atoms with van der Waals surface area (Å²) in [6.07, 6.45) is 2.71. The Bertz CT molecular complexity index is 416. The maximum absolute atomic E-state index is 11.2. The molecule has 1 N–H and O–H groups in total. The molecular formula is C10H7Cl2NO2. The highest BCUT2D eigenvalue weighted by Gasteiger charge is 2.05. The number of carbonyl (C=O) groups is 2. The van der Waals surface area contributed by atoms with Gasteiger partial charge in [-0.2, -0.15) is 0 Å². The van der Waals surface area contributed by atoms with E-state index in [0.29, 0.717) is 17.0 Å². The molecule has 0 atom stereocenters. The van der Waals surface area contributed by atoms with Crippen LogP contribution in [0.25, 0.3) is 0 Å². The van der Waals surface area contributed by atoms with Crippen LogP contribution in [0.4, 0.5) is 5.69 Å². The smallest absolute Gasteiger partial charge is 0.248 e. The molecule has 1 rings (SSSR count).